The molecule has 1 rings (SSSR count). The van der Waals surface area contributed by atoms with Crippen molar-refractivity contribution in [2.75, 3.05) is 0 Å². The van der Waals surface area contributed by atoms with Crippen LogP contribution in [0.1, 0.15) is 5.56 Å². The van der Waals surface area contributed by atoms with Crippen LogP contribution in [0.4, 0.5) is 0 Å². The van der Waals surface area contributed by atoms with Gasteiger partial charge in [-0.3, -0.25) is 4.79 Å². The second-order valence-electron chi connectivity index (χ2n) is 2.15. The molecule has 1 aromatic carbocycles. The van der Waals surface area contributed by atoms with Crippen LogP contribution in [-0.4, -0.2) is 6.29 Å². The van der Waals surface area contributed by atoms with E-state index in [1.807, 2.05) is 30.3 Å². The van der Waals surface area contributed by atoms with Crippen molar-refractivity contribution >= 4 is 42.6 Å². The molecule has 0 atom stereocenters. The van der Waals surface area contributed by atoms with Crippen molar-refractivity contribution in [1.82, 2.24) is 0 Å². The first-order chi connectivity index (χ1) is 5.75. The fourth-order valence-corrected chi connectivity index (χ4v) is 1.36. The molecule has 1 aromatic rings. The molecule has 0 N–H and O–H groups in total. The lowest BCUT2D eigenvalue weighted by Crippen LogP contribution is -1.79. The molecular formula is C9H6Br2O. The van der Waals surface area contributed by atoms with Gasteiger partial charge in [-0.1, -0.05) is 30.3 Å². The molecule has 0 saturated heterocycles. The van der Waals surface area contributed by atoms with Gasteiger partial charge >= 0.3 is 0 Å². The number of allylic oxidation sites excluding steroid dienone is 1. The SMILES string of the molecule is O=CC(Br)=C(Br)c1ccccc1. The number of carbonyl (C=O) groups is 1. The summed E-state index contributed by atoms with van der Waals surface area (Å²) in [4.78, 5) is 10.4. The van der Waals surface area contributed by atoms with Crippen LogP contribution < -0.4 is 0 Å². The zero-order chi connectivity index (χ0) is 8.97. The minimum Gasteiger partial charge on any atom is -0.297 e. The van der Waals surface area contributed by atoms with Crippen LogP contribution in [0.25, 0.3) is 4.48 Å². The van der Waals surface area contributed by atoms with E-state index in [1.165, 1.54) is 0 Å². The normalized spacial score (nSPS) is 12.2. The van der Waals surface area contributed by atoms with Crippen LogP contribution in [0.3, 0.4) is 0 Å². The smallest absolute Gasteiger partial charge is 0.158 e. The zero-order valence-electron chi connectivity index (χ0n) is 6.13. The van der Waals surface area contributed by atoms with E-state index in [0.717, 1.165) is 16.3 Å². The van der Waals surface area contributed by atoms with E-state index in [0.29, 0.717) is 4.48 Å². The Hall–Kier alpha value is -0.410. The Morgan fingerprint density at radius 3 is 2.25 bits per heavy atom. The van der Waals surface area contributed by atoms with Gasteiger partial charge in [-0.15, -0.1) is 0 Å². The highest BCUT2D eigenvalue weighted by molar-refractivity contribution is 9.16. The first kappa shape index (κ1) is 9.68. The second-order valence-corrected chi connectivity index (χ2v) is 3.79. The first-order valence-corrected chi connectivity index (χ1v) is 4.90. The highest BCUT2D eigenvalue weighted by atomic mass is 79.9. The summed E-state index contributed by atoms with van der Waals surface area (Å²) in [5.74, 6) is 0. The third kappa shape index (κ3) is 2.29. The Morgan fingerprint density at radius 1 is 1.17 bits per heavy atom. The molecule has 62 valence electrons. The molecule has 0 aliphatic rings. The van der Waals surface area contributed by atoms with E-state index >= 15 is 0 Å². The molecule has 0 unspecified atom stereocenters. The van der Waals surface area contributed by atoms with Gasteiger partial charge in [-0.25, -0.2) is 0 Å². The molecule has 0 amide bonds. The fraction of sp³-hybridized carbons (Fsp3) is 0. The van der Waals surface area contributed by atoms with Gasteiger partial charge in [0.2, 0.25) is 0 Å². The molecule has 12 heavy (non-hydrogen) atoms. The minimum absolute atomic E-state index is 0.522. The maximum Gasteiger partial charge on any atom is 0.158 e. The predicted octanol–water partition coefficient (Wildman–Crippen LogP) is 3.34. The highest BCUT2D eigenvalue weighted by Crippen LogP contribution is 2.26. The summed E-state index contributed by atoms with van der Waals surface area (Å²) in [6.45, 7) is 0. The summed E-state index contributed by atoms with van der Waals surface area (Å²) >= 11 is 6.46. The van der Waals surface area contributed by atoms with Gasteiger partial charge < -0.3 is 0 Å². The van der Waals surface area contributed by atoms with Gasteiger partial charge in [-0.05, 0) is 37.4 Å². The van der Waals surface area contributed by atoms with Crippen molar-refractivity contribution < 1.29 is 4.79 Å². The molecule has 0 aliphatic carbocycles. The maximum atomic E-state index is 10.4. The summed E-state index contributed by atoms with van der Waals surface area (Å²) in [5, 5.41) is 0. The van der Waals surface area contributed by atoms with Gasteiger partial charge in [0.25, 0.3) is 0 Å². The van der Waals surface area contributed by atoms with Crippen molar-refractivity contribution in [3.63, 3.8) is 0 Å². The van der Waals surface area contributed by atoms with Gasteiger partial charge in [0.15, 0.2) is 6.29 Å². The Labute approximate surface area is 87.7 Å². The molecule has 0 aromatic heterocycles. The maximum absolute atomic E-state index is 10.4. The zero-order valence-corrected chi connectivity index (χ0v) is 9.30. The number of carbonyl (C=O) groups excluding carboxylic acids is 1. The number of halogens is 2. The molecule has 0 saturated carbocycles. The molecule has 3 heteroatoms. The van der Waals surface area contributed by atoms with Crippen LogP contribution in [0.2, 0.25) is 0 Å². The van der Waals surface area contributed by atoms with Gasteiger partial charge in [-0.2, -0.15) is 0 Å². The van der Waals surface area contributed by atoms with Crippen LogP contribution in [0, 0.1) is 0 Å². The Balaban J connectivity index is 3.08. The molecule has 0 spiro atoms. The lowest BCUT2D eigenvalue weighted by atomic mass is 10.2. The Morgan fingerprint density at radius 2 is 1.75 bits per heavy atom. The summed E-state index contributed by atoms with van der Waals surface area (Å²) in [6, 6.07) is 9.62. The van der Waals surface area contributed by atoms with Crippen LogP contribution in [0.15, 0.2) is 34.8 Å². The van der Waals surface area contributed by atoms with Gasteiger partial charge in [0.1, 0.15) is 0 Å². The van der Waals surface area contributed by atoms with Crippen molar-refractivity contribution in [3.05, 3.63) is 40.4 Å². The molecule has 0 radical (unpaired) electrons. The van der Waals surface area contributed by atoms with Crippen LogP contribution in [0.5, 0.6) is 0 Å². The van der Waals surface area contributed by atoms with Crippen molar-refractivity contribution in [2.24, 2.45) is 0 Å². The van der Waals surface area contributed by atoms with Gasteiger partial charge in [0, 0.05) is 4.48 Å². The van der Waals surface area contributed by atoms with E-state index < -0.39 is 0 Å². The number of hydrogen-bond donors (Lipinski definition) is 0. The van der Waals surface area contributed by atoms with Crippen molar-refractivity contribution in [3.8, 4) is 0 Å². The summed E-state index contributed by atoms with van der Waals surface area (Å²) in [7, 11) is 0. The average Bonchev–Trinajstić information content (AvgIpc) is 2.17. The van der Waals surface area contributed by atoms with Crippen molar-refractivity contribution in [2.45, 2.75) is 0 Å². The lowest BCUT2D eigenvalue weighted by Gasteiger charge is -1.98. The largest absolute Gasteiger partial charge is 0.297 e. The minimum atomic E-state index is 0.522. The number of benzene rings is 1. The lowest BCUT2D eigenvalue weighted by molar-refractivity contribution is -0.104. The van der Waals surface area contributed by atoms with E-state index in [-0.39, 0.29) is 0 Å². The average molecular weight is 290 g/mol. The molecule has 0 fully saturated rings. The van der Waals surface area contributed by atoms with E-state index in [9.17, 15) is 4.79 Å². The van der Waals surface area contributed by atoms with E-state index in [4.69, 9.17) is 0 Å². The topological polar surface area (TPSA) is 17.1 Å². The molecular weight excluding hydrogens is 284 g/mol. The van der Waals surface area contributed by atoms with Gasteiger partial charge in [0.05, 0.1) is 4.48 Å². The van der Waals surface area contributed by atoms with E-state index in [2.05, 4.69) is 31.9 Å². The predicted molar refractivity (Wildman–Crippen MR) is 57.3 cm³/mol. The highest BCUT2D eigenvalue weighted by Gasteiger charge is 2.00. The van der Waals surface area contributed by atoms with E-state index in [1.54, 1.807) is 0 Å². The molecule has 1 nitrogen and oxygen atoms in total. The molecule has 0 aliphatic heterocycles. The number of hydrogen-bond acceptors (Lipinski definition) is 1. The van der Waals surface area contributed by atoms with Crippen molar-refractivity contribution in [1.29, 1.82) is 0 Å². The molecule has 0 heterocycles. The second kappa shape index (κ2) is 4.58. The third-order valence-corrected chi connectivity index (χ3v) is 3.34. The first-order valence-electron chi connectivity index (χ1n) is 3.31. The van der Waals surface area contributed by atoms with Crippen LogP contribution >= 0.6 is 31.9 Å². The fourth-order valence-electron chi connectivity index (χ4n) is 0.774. The third-order valence-electron chi connectivity index (χ3n) is 1.34. The Bertz CT molecular complexity index is 304. The quantitative estimate of drug-likeness (QED) is 0.603. The Kier molecular flexibility index (Phi) is 3.69. The number of aldehydes is 1. The summed E-state index contributed by atoms with van der Waals surface area (Å²) < 4.78 is 1.30. The summed E-state index contributed by atoms with van der Waals surface area (Å²) in [6.07, 6.45) is 0.761. The van der Waals surface area contributed by atoms with Crippen LogP contribution in [-0.2, 0) is 4.79 Å². The molecule has 0 bridgehead atoms. The number of rotatable bonds is 2. The monoisotopic (exact) mass is 288 g/mol. The summed E-state index contributed by atoms with van der Waals surface area (Å²) in [5.41, 5.74) is 0.983. The standard InChI is InChI=1S/C9H6Br2O/c10-8(6-12)9(11)7-4-2-1-3-5-7/h1-6H.